The zero-order valence-electron chi connectivity index (χ0n) is 27.4. The fourth-order valence-electron chi connectivity index (χ4n) is 7.40. The molecule has 222 valence electrons. The van der Waals surface area contributed by atoms with Crippen molar-refractivity contribution in [3.05, 3.63) is 95.2 Å². The summed E-state index contributed by atoms with van der Waals surface area (Å²) in [4.78, 5) is 2.63. The van der Waals surface area contributed by atoms with Gasteiger partial charge in [-0.2, -0.15) is 4.58 Å². The molecule has 2 heteroatoms. The molecule has 0 amide bonds. The number of hydrogen-bond donors (Lipinski definition) is 0. The van der Waals surface area contributed by atoms with E-state index in [9.17, 15) is 0 Å². The average molecular weight is 562 g/mol. The van der Waals surface area contributed by atoms with E-state index in [2.05, 4.69) is 131 Å². The highest BCUT2D eigenvalue weighted by Crippen LogP contribution is 2.48. The first kappa shape index (κ1) is 30.3. The molecular weight excluding hydrogens is 508 g/mol. The van der Waals surface area contributed by atoms with Gasteiger partial charge in [0.05, 0.1) is 5.41 Å². The number of hydrogen-bond acceptors (Lipinski definition) is 1. The minimum Gasteiger partial charge on any atom is -0.344 e. The van der Waals surface area contributed by atoms with Gasteiger partial charge in [-0.25, -0.2) is 0 Å². The quantitative estimate of drug-likeness (QED) is 0.157. The van der Waals surface area contributed by atoms with Gasteiger partial charge >= 0.3 is 0 Å². The molecule has 0 spiro atoms. The fourth-order valence-corrected chi connectivity index (χ4v) is 7.40. The molecule has 3 aromatic rings. The molecule has 2 aliphatic heterocycles. The molecule has 0 saturated carbocycles. The number of allylic oxidation sites excluding steroid dienone is 4. The van der Waals surface area contributed by atoms with E-state index < -0.39 is 0 Å². The van der Waals surface area contributed by atoms with Crippen LogP contribution < -0.4 is 4.90 Å². The molecule has 0 N–H and O–H groups in total. The normalized spacial score (nSPS) is 18.1. The maximum Gasteiger partial charge on any atom is 0.210 e. The molecule has 2 nitrogen and oxygen atoms in total. The fraction of sp³-hybridized carbons (Fsp3) is 0.475. The van der Waals surface area contributed by atoms with Gasteiger partial charge in [0.1, 0.15) is 6.54 Å². The number of rotatable bonds is 12. The molecule has 0 saturated heterocycles. The second-order valence-electron chi connectivity index (χ2n) is 13.7. The largest absolute Gasteiger partial charge is 0.344 e. The summed E-state index contributed by atoms with van der Waals surface area (Å²) in [6.07, 6.45) is 17.5. The van der Waals surface area contributed by atoms with Gasteiger partial charge in [-0.3, -0.25) is 0 Å². The van der Waals surface area contributed by atoms with Crippen molar-refractivity contribution < 1.29 is 4.58 Å². The van der Waals surface area contributed by atoms with E-state index in [-0.39, 0.29) is 10.8 Å². The number of anilines is 1. The highest BCUT2D eigenvalue weighted by Gasteiger charge is 2.45. The van der Waals surface area contributed by atoms with Crippen LogP contribution in [0.15, 0.2) is 78.5 Å². The standard InChI is InChI=1S/C40H53N2/c1-8-10-12-13-14-17-28-41-34-25-23-30(3)29-33(34)39(4,5)36(41)21-18-22-37-40(6,7)38-32-20-16-15-19-31(32)24-26-35(38)42(37)27-11-9-2/h15-16,18-26,29H,8-14,17,27-28H2,1-7H3/q+1. The van der Waals surface area contributed by atoms with E-state index in [1.165, 1.54) is 102 Å². The van der Waals surface area contributed by atoms with Gasteiger partial charge in [-0.15, -0.1) is 0 Å². The Kier molecular flexibility index (Phi) is 9.11. The Morgan fingerprint density at radius 3 is 2.31 bits per heavy atom. The van der Waals surface area contributed by atoms with Crippen LogP contribution in [0.25, 0.3) is 10.8 Å². The van der Waals surface area contributed by atoms with E-state index in [1.807, 2.05) is 0 Å². The molecular formula is C40H53N2+. The smallest absolute Gasteiger partial charge is 0.210 e. The predicted octanol–water partition coefficient (Wildman–Crippen LogP) is 10.9. The van der Waals surface area contributed by atoms with E-state index >= 15 is 0 Å². The molecule has 0 aromatic heterocycles. The van der Waals surface area contributed by atoms with Gasteiger partial charge in [-0.1, -0.05) is 114 Å². The third-order valence-corrected chi connectivity index (χ3v) is 9.78. The lowest BCUT2D eigenvalue weighted by Gasteiger charge is -2.27. The van der Waals surface area contributed by atoms with Crippen LogP contribution in [0.1, 0.15) is 110 Å². The second kappa shape index (κ2) is 12.6. The van der Waals surface area contributed by atoms with Gasteiger partial charge in [0, 0.05) is 47.5 Å². The van der Waals surface area contributed by atoms with Gasteiger partial charge < -0.3 is 4.90 Å². The molecule has 0 aliphatic carbocycles. The molecule has 2 aliphatic rings. The molecule has 2 heterocycles. The molecule has 0 bridgehead atoms. The first-order valence-electron chi connectivity index (χ1n) is 16.7. The van der Waals surface area contributed by atoms with Crippen LogP contribution >= 0.6 is 0 Å². The van der Waals surface area contributed by atoms with E-state index in [0.717, 1.165) is 13.1 Å². The van der Waals surface area contributed by atoms with Crippen molar-refractivity contribution in [3.63, 3.8) is 0 Å². The zero-order valence-corrected chi connectivity index (χ0v) is 27.4. The Hall–Kier alpha value is -3.13. The summed E-state index contributed by atoms with van der Waals surface area (Å²) in [6, 6.07) is 20.6. The van der Waals surface area contributed by atoms with E-state index in [0.29, 0.717) is 0 Å². The second-order valence-corrected chi connectivity index (χ2v) is 13.7. The monoisotopic (exact) mass is 561 g/mol. The molecule has 3 aromatic carbocycles. The lowest BCUT2D eigenvalue weighted by atomic mass is 9.79. The molecule has 0 radical (unpaired) electrons. The maximum atomic E-state index is 2.63. The summed E-state index contributed by atoms with van der Waals surface area (Å²) in [5.41, 5.74) is 9.80. The highest BCUT2D eigenvalue weighted by atomic mass is 15.2. The Morgan fingerprint density at radius 2 is 1.52 bits per heavy atom. The third kappa shape index (κ3) is 5.62. The Balaban J connectivity index is 1.50. The number of fused-ring (bicyclic) bond motifs is 4. The van der Waals surface area contributed by atoms with Crippen molar-refractivity contribution in [2.75, 3.05) is 18.0 Å². The number of nitrogens with zero attached hydrogens (tertiary/aromatic N) is 2. The van der Waals surface area contributed by atoms with Crippen LogP contribution in [0.2, 0.25) is 0 Å². The highest BCUT2D eigenvalue weighted by molar-refractivity contribution is 6.07. The van der Waals surface area contributed by atoms with Crippen LogP contribution in [-0.2, 0) is 10.8 Å². The average Bonchev–Trinajstić information content (AvgIpc) is 3.32. The van der Waals surface area contributed by atoms with Gasteiger partial charge in [-0.05, 0) is 61.7 Å². The molecule has 0 fully saturated rings. The van der Waals surface area contributed by atoms with Gasteiger partial charge in [0.15, 0.2) is 5.71 Å². The van der Waals surface area contributed by atoms with Crippen molar-refractivity contribution in [1.29, 1.82) is 0 Å². The first-order chi connectivity index (χ1) is 20.2. The minimum atomic E-state index is -0.0671. The summed E-state index contributed by atoms with van der Waals surface area (Å²) in [7, 11) is 0. The summed E-state index contributed by atoms with van der Waals surface area (Å²) >= 11 is 0. The zero-order chi connectivity index (χ0) is 29.9. The van der Waals surface area contributed by atoms with Crippen LogP contribution in [-0.4, -0.2) is 23.4 Å². The Bertz CT molecular complexity index is 1510. The topological polar surface area (TPSA) is 6.25 Å². The van der Waals surface area contributed by atoms with Crippen LogP contribution in [0, 0.1) is 6.92 Å². The lowest BCUT2D eigenvalue weighted by Crippen LogP contribution is -2.28. The van der Waals surface area contributed by atoms with E-state index in [4.69, 9.17) is 0 Å². The van der Waals surface area contributed by atoms with Crippen molar-refractivity contribution in [2.45, 2.75) is 111 Å². The van der Waals surface area contributed by atoms with Crippen molar-refractivity contribution in [1.82, 2.24) is 0 Å². The molecule has 5 rings (SSSR count). The number of aryl methyl sites for hydroxylation is 1. The van der Waals surface area contributed by atoms with Crippen LogP contribution in [0.5, 0.6) is 0 Å². The maximum absolute atomic E-state index is 2.63. The Morgan fingerprint density at radius 1 is 0.786 bits per heavy atom. The minimum absolute atomic E-state index is 0.0230. The first-order valence-corrected chi connectivity index (χ1v) is 16.7. The van der Waals surface area contributed by atoms with Crippen LogP contribution in [0.3, 0.4) is 0 Å². The van der Waals surface area contributed by atoms with Crippen molar-refractivity contribution in [2.24, 2.45) is 0 Å². The number of unbranched alkanes of at least 4 members (excludes halogenated alkanes) is 6. The van der Waals surface area contributed by atoms with Crippen molar-refractivity contribution >= 4 is 27.9 Å². The van der Waals surface area contributed by atoms with Crippen molar-refractivity contribution in [3.8, 4) is 0 Å². The molecule has 0 unspecified atom stereocenters. The SMILES string of the molecule is CCCCCCCCN1/C(=C\C=C\C2=[N+](CCCC)c3ccc4ccccc4c3C2(C)C)C(C)(C)c2cc(C)ccc21. The van der Waals surface area contributed by atoms with E-state index in [1.54, 1.807) is 0 Å². The lowest BCUT2D eigenvalue weighted by molar-refractivity contribution is -0.438. The number of benzene rings is 3. The summed E-state index contributed by atoms with van der Waals surface area (Å²) in [5.74, 6) is 0. The molecule has 42 heavy (non-hydrogen) atoms. The van der Waals surface area contributed by atoms with Gasteiger partial charge in [0.25, 0.3) is 0 Å². The Labute approximate surface area is 255 Å². The van der Waals surface area contributed by atoms with Crippen LogP contribution in [0.4, 0.5) is 11.4 Å². The van der Waals surface area contributed by atoms with Gasteiger partial charge in [0.2, 0.25) is 5.69 Å². The summed E-state index contributed by atoms with van der Waals surface area (Å²) in [6.45, 7) is 18.6. The summed E-state index contributed by atoms with van der Waals surface area (Å²) in [5, 5.41) is 2.72. The third-order valence-electron chi connectivity index (χ3n) is 9.78. The molecule has 0 atom stereocenters. The summed E-state index contributed by atoms with van der Waals surface area (Å²) < 4.78 is 2.60. The predicted molar refractivity (Wildman–Crippen MR) is 184 cm³/mol.